The van der Waals surface area contributed by atoms with Crippen molar-refractivity contribution in [2.24, 2.45) is 11.0 Å². The highest BCUT2D eigenvalue weighted by Gasteiger charge is 2.37. The van der Waals surface area contributed by atoms with E-state index >= 15 is 0 Å². The number of amides is 1. The fourth-order valence-electron chi connectivity index (χ4n) is 2.57. The van der Waals surface area contributed by atoms with E-state index in [-0.39, 0.29) is 43.5 Å². The summed E-state index contributed by atoms with van der Waals surface area (Å²) in [6.45, 7) is 0.456. The van der Waals surface area contributed by atoms with E-state index in [1.54, 1.807) is 12.1 Å². The molecule has 1 saturated heterocycles. The van der Waals surface area contributed by atoms with Crippen molar-refractivity contribution >= 4 is 11.9 Å². The highest BCUT2D eigenvalue weighted by molar-refractivity contribution is 5.85. The van der Waals surface area contributed by atoms with Gasteiger partial charge in [-0.25, -0.2) is 4.79 Å². The molecule has 1 fully saturated rings. The number of carboxylic acid groups (broad SMARTS) is 1. The van der Waals surface area contributed by atoms with Gasteiger partial charge < -0.3 is 15.1 Å². The maximum Gasteiger partial charge on any atom is 0.326 e. The van der Waals surface area contributed by atoms with Gasteiger partial charge in [0.15, 0.2) is 0 Å². The summed E-state index contributed by atoms with van der Waals surface area (Å²) in [5.41, 5.74) is 9.04. The molecular weight excluding hydrogens is 288 g/mol. The first-order valence-electron chi connectivity index (χ1n) is 6.82. The summed E-state index contributed by atoms with van der Waals surface area (Å²) in [6.07, 6.45) is 0.355. The van der Waals surface area contributed by atoms with Crippen molar-refractivity contribution < 1.29 is 19.8 Å². The third-order valence-electron chi connectivity index (χ3n) is 3.67. The molecule has 0 aliphatic carbocycles. The van der Waals surface area contributed by atoms with Crippen LogP contribution in [-0.2, 0) is 16.0 Å². The largest absolute Gasteiger partial charge is 0.508 e. The number of azide groups is 1. The Morgan fingerprint density at radius 3 is 2.73 bits per heavy atom. The Balaban J connectivity index is 2.10. The lowest BCUT2D eigenvalue weighted by Crippen LogP contribution is -2.43. The van der Waals surface area contributed by atoms with E-state index in [0.29, 0.717) is 0 Å². The summed E-state index contributed by atoms with van der Waals surface area (Å²) in [5.74, 6) is -1.37. The molecule has 2 atom stereocenters. The minimum atomic E-state index is -1.08. The zero-order valence-corrected chi connectivity index (χ0v) is 11.8. The second-order valence-corrected chi connectivity index (χ2v) is 5.25. The number of phenolic OH excluding ortho intramolecular Hbond substituents is 1. The molecule has 0 radical (unpaired) electrons. The van der Waals surface area contributed by atoms with E-state index in [2.05, 4.69) is 10.0 Å². The molecule has 0 spiro atoms. The number of nitrogens with zero attached hydrogens (tertiary/aromatic N) is 4. The molecule has 0 bridgehead atoms. The first kappa shape index (κ1) is 15.7. The molecule has 1 aliphatic rings. The summed E-state index contributed by atoms with van der Waals surface area (Å²) >= 11 is 0. The van der Waals surface area contributed by atoms with Crippen LogP contribution in [0.5, 0.6) is 5.75 Å². The molecule has 1 aliphatic heterocycles. The van der Waals surface area contributed by atoms with Gasteiger partial charge in [0.2, 0.25) is 5.91 Å². The number of rotatable bonds is 6. The normalized spacial score (nSPS) is 18.8. The van der Waals surface area contributed by atoms with Gasteiger partial charge in [0, 0.05) is 30.8 Å². The zero-order valence-electron chi connectivity index (χ0n) is 11.8. The van der Waals surface area contributed by atoms with Gasteiger partial charge in [0.1, 0.15) is 11.8 Å². The van der Waals surface area contributed by atoms with Gasteiger partial charge in [-0.15, -0.1) is 0 Å². The molecule has 22 heavy (non-hydrogen) atoms. The monoisotopic (exact) mass is 304 g/mol. The lowest BCUT2D eigenvalue weighted by Gasteiger charge is -2.24. The molecule has 116 valence electrons. The van der Waals surface area contributed by atoms with Crippen molar-refractivity contribution in [2.75, 3.05) is 13.1 Å². The summed E-state index contributed by atoms with van der Waals surface area (Å²) in [4.78, 5) is 27.5. The van der Waals surface area contributed by atoms with E-state index < -0.39 is 12.0 Å². The molecule has 2 rings (SSSR count). The van der Waals surface area contributed by atoms with Crippen LogP contribution in [-0.4, -0.2) is 46.1 Å². The number of aromatic hydroxyl groups is 1. The van der Waals surface area contributed by atoms with Crippen LogP contribution in [0.4, 0.5) is 0 Å². The van der Waals surface area contributed by atoms with Gasteiger partial charge in [0.05, 0.1) is 0 Å². The van der Waals surface area contributed by atoms with Crippen LogP contribution in [0.2, 0.25) is 0 Å². The van der Waals surface area contributed by atoms with Gasteiger partial charge in [-0.05, 0) is 29.1 Å². The molecule has 1 heterocycles. The molecule has 2 N–H and O–H groups in total. The number of phenols is 1. The number of aliphatic carboxylic acids is 1. The van der Waals surface area contributed by atoms with Gasteiger partial charge in [-0.2, -0.15) is 0 Å². The van der Waals surface area contributed by atoms with Crippen molar-refractivity contribution in [1.82, 2.24) is 4.90 Å². The van der Waals surface area contributed by atoms with Gasteiger partial charge in [0.25, 0.3) is 0 Å². The van der Waals surface area contributed by atoms with Gasteiger partial charge >= 0.3 is 5.97 Å². The van der Waals surface area contributed by atoms with E-state index in [0.717, 1.165) is 5.56 Å². The highest BCUT2D eigenvalue weighted by atomic mass is 16.4. The Kier molecular flexibility index (Phi) is 4.85. The average molecular weight is 304 g/mol. The van der Waals surface area contributed by atoms with Crippen LogP contribution in [0.1, 0.15) is 12.0 Å². The number of carbonyl (C=O) groups is 2. The first-order chi connectivity index (χ1) is 10.5. The molecule has 8 heteroatoms. The SMILES string of the molecule is [N-]=[N+]=NCC1CC(=O)N(C(Cc2ccc(O)cc2)C(=O)O)C1. The Morgan fingerprint density at radius 1 is 1.45 bits per heavy atom. The quantitative estimate of drug-likeness (QED) is 0.469. The smallest absolute Gasteiger partial charge is 0.326 e. The third-order valence-corrected chi connectivity index (χ3v) is 3.67. The summed E-state index contributed by atoms with van der Waals surface area (Å²) in [7, 11) is 0. The third kappa shape index (κ3) is 3.67. The Hall–Kier alpha value is -2.73. The number of carboxylic acids is 1. The maximum absolute atomic E-state index is 12.0. The topological polar surface area (TPSA) is 127 Å². The highest BCUT2D eigenvalue weighted by Crippen LogP contribution is 2.23. The molecule has 1 amide bonds. The van der Waals surface area contributed by atoms with Gasteiger partial charge in [-0.3, -0.25) is 4.79 Å². The van der Waals surface area contributed by atoms with Crippen LogP contribution < -0.4 is 0 Å². The summed E-state index contributed by atoms with van der Waals surface area (Å²) in [6, 6.07) is 5.25. The molecule has 8 nitrogen and oxygen atoms in total. The Labute approximate surface area is 126 Å². The number of hydrogen-bond donors (Lipinski definition) is 2. The predicted molar refractivity (Wildman–Crippen MR) is 77.1 cm³/mol. The van der Waals surface area contributed by atoms with Gasteiger partial charge in [-0.1, -0.05) is 17.2 Å². The number of carbonyl (C=O) groups excluding carboxylic acids is 1. The van der Waals surface area contributed by atoms with Crippen molar-refractivity contribution in [3.63, 3.8) is 0 Å². The first-order valence-corrected chi connectivity index (χ1v) is 6.82. The van der Waals surface area contributed by atoms with Crippen molar-refractivity contribution in [3.8, 4) is 5.75 Å². The second-order valence-electron chi connectivity index (χ2n) is 5.25. The van der Waals surface area contributed by atoms with Crippen LogP contribution in [0.15, 0.2) is 29.4 Å². The molecule has 1 aromatic carbocycles. The lowest BCUT2D eigenvalue weighted by molar-refractivity contribution is -0.148. The molecular formula is C14H16N4O4. The van der Waals surface area contributed by atoms with Crippen LogP contribution in [0.3, 0.4) is 0 Å². The zero-order chi connectivity index (χ0) is 16.1. The lowest BCUT2D eigenvalue weighted by atomic mass is 10.0. The summed E-state index contributed by atoms with van der Waals surface area (Å²) < 4.78 is 0. The fraction of sp³-hybridized carbons (Fsp3) is 0.429. The molecule has 2 unspecified atom stereocenters. The number of benzene rings is 1. The standard InChI is InChI=1S/C14H16N4O4/c15-17-16-7-10-6-13(20)18(8-10)12(14(21)22)5-9-1-3-11(19)4-2-9/h1-4,10,12,19H,5-8H2,(H,21,22). The Bertz CT molecular complexity index is 610. The number of hydrogen-bond acceptors (Lipinski definition) is 4. The molecule has 0 saturated carbocycles. The van der Waals surface area contributed by atoms with Crippen LogP contribution in [0.25, 0.3) is 10.4 Å². The van der Waals surface area contributed by atoms with E-state index in [4.69, 9.17) is 5.53 Å². The predicted octanol–water partition coefficient (Wildman–Crippen LogP) is 1.55. The van der Waals surface area contributed by atoms with E-state index in [1.165, 1.54) is 17.0 Å². The van der Waals surface area contributed by atoms with Crippen molar-refractivity contribution in [1.29, 1.82) is 0 Å². The minimum Gasteiger partial charge on any atom is -0.508 e. The van der Waals surface area contributed by atoms with Crippen LogP contribution >= 0.6 is 0 Å². The number of likely N-dealkylation sites (tertiary alicyclic amines) is 1. The minimum absolute atomic E-state index is 0.0994. The van der Waals surface area contributed by atoms with Crippen molar-refractivity contribution in [2.45, 2.75) is 18.9 Å². The van der Waals surface area contributed by atoms with E-state index in [1.807, 2.05) is 0 Å². The second kappa shape index (κ2) is 6.82. The Morgan fingerprint density at radius 2 is 2.14 bits per heavy atom. The van der Waals surface area contributed by atoms with Crippen LogP contribution in [0, 0.1) is 5.92 Å². The molecule has 1 aromatic rings. The molecule has 0 aromatic heterocycles. The maximum atomic E-state index is 12.0. The van der Waals surface area contributed by atoms with Crippen molar-refractivity contribution in [3.05, 3.63) is 40.3 Å². The fourth-order valence-corrected chi connectivity index (χ4v) is 2.57. The van der Waals surface area contributed by atoms with E-state index in [9.17, 15) is 19.8 Å². The average Bonchev–Trinajstić information content (AvgIpc) is 2.85. The summed E-state index contributed by atoms with van der Waals surface area (Å²) in [5, 5.41) is 22.1.